The second-order valence-electron chi connectivity index (χ2n) is 6.81. The summed E-state index contributed by atoms with van der Waals surface area (Å²) in [6.45, 7) is 6.96. The van der Waals surface area contributed by atoms with Crippen molar-refractivity contribution in [2.45, 2.75) is 45.6 Å². The van der Waals surface area contributed by atoms with Gasteiger partial charge in [-0.2, -0.15) is 0 Å². The van der Waals surface area contributed by atoms with E-state index in [-0.39, 0.29) is 30.5 Å². The van der Waals surface area contributed by atoms with Gasteiger partial charge in [0.25, 0.3) is 0 Å². The molecule has 0 radical (unpaired) electrons. The largest absolute Gasteiger partial charge is 0.396 e. The third kappa shape index (κ3) is 3.08. The average Bonchev–Trinajstić information content (AvgIpc) is 2.98. The number of likely N-dealkylation sites (tertiary alicyclic amines) is 1. The second-order valence-corrected chi connectivity index (χ2v) is 6.81. The van der Waals surface area contributed by atoms with Crippen LogP contribution in [0.4, 0.5) is 10.5 Å². The van der Waals surface area contributed by atoms with Gasteiger partial charge in [-0.3, -0.25) is 4.40 Å². The third-order valence-corrected chi connectivity index (χ3v) is 4.84. The third-order valence-electron chi connectivity index (χ3n) is 4.84. The molecule has 0 aromatic carbocycles. The first-order valence-electron chi connectivity index (χ1n) is 8.54. The van der Waals surface area contributed by atoms with Crippen LogP contribution in [-0.2, 0) is 0 Å². The first kappa shape index (κ1) is 16.7. The van der Waals surface area contributed by atoms with E-state index in [9.17, 15) is 9.90 Å². The van der Waals surface area contributed by atoms with Gasteiger partial charge >= 0.3 is 6.03 Å². The number of anilines is 1. The molecule has 7 nitrogen and oxygen atoms in total. The number of carbonyl (C=O) groups excluding carboxylic acids is 1. The minimum absolute atomic E-state index is 0.0358. The van der Waals surface area contributed by atoms with Crippen LogP contribution in [0.1, 0.15) is 45.4 Å². The minimum atomic E-state index is -0.126. The summed E-state index contributed by atoms with van der Waals surface area (Å²) in [6, 6.07) is 3.60. The maximum atomic E-state index is 12.6. The van der Waals surface area contributed by atoms with Gasteiger partial charge in [-0.05, 0) is 31.9 Å². The number of hydrogen-bond acceptors (Lipinski definition) is 4. The van der Waals surface area contributed by atoms with E-state index in [0.29, 0.717) is 5.69 Å². The van der Waals surface area contributed by atoms with Crippen molar-refractivity contribution in [2.24, 2.45) is 5.92 Å². The highest BCUT2D eigenvalue weighted by atomic mass is 16.3. The highest BCUT2D eigenvalue weighted by Crippen LogP contribution is 2.24. The van der Waals surface area contributed by atoms with Gasteiger partial charge in [-0.1, -0.05) is 13.8 Å². The number of nitrogens with one attached hydrogen (secondary N) is 1. The van der Waals surface area contributed by atoms with Crippen LogP contribution in [0.3, 0.4) is 0 Å². The standard InChI is InChI=1S/C17H25N5O2/c1-11(2)16-20-19-15-7-6-14(9-22(15)16)18-17(24)21-8-4-5-13(10-23)12(21)3/h6-7,9,11-13,23H,4-5,8,10H2,1-3H3,(H,18,24). The normalized spacial score (nSPS) is 21.5. The van der Waals surface area contributed by atoms with Gasteiger partial charge in [0.15, 0.2) is 5.65 Å². The number of fused-ring (bicyclic) bond motifs is 1. The maximum absolute atomic E-state index is 12.6. The van der Waals surface area contributed by atoms with Gasteiger partial charge in [0.05, 0.1) is 5.69 Å². The van der Waals surface area contributed by atoms with Crippen LogP contribution < -0.4 is 5.32 Å². The lowest BCUT2D eigenvalue weighted by molar-refractivity contribution is 0.0908. The maximum Gasteiger partial charge on any atom is 0.322 e. The molecule has 0 bridgehead atoms. The summed E-state index contributed by atoms with van der Waals surface area (Å²) in [5.41, 5.74) is 1.48. The molecule has 7 heteroatoms. The number of piperidine rings is 1. The molecular formula is C17H25N5O2. The molecule has 0 aliphatic carbocycles. The van der Waals surface area contributed by atoms with Crippen molar-refractivity contribution in [3.05, 3.63) is 24.2 Å². The van der Waals surface area contributed by atoms with Crippen LogP contribution in [0, 0.1) is 5.92 Å². The van der Waals surface area contributed by atoms with E-state index < -0.39 is 0 Å². The van der Waals surface area contributed by atoms with Gasteiger partial charge in [-0.25, -0.2) is 4.79 Å². The molecule has 2 atom stereocenters. The van der Waals surface area contributed by atoms with Crippen molar-refractivity contribution >= 4 is 17.4 Å². The number of amides is 2. The minimum Gasteiger partial charge on any atom is -0.396 e. The van der Waals surface area contributed by atoms with Crippen LogP contribution in [-0.4, -0.2) is 49.8 Å². The quantitative estimate of drug-likeness (QED) is 0.905. The zero-order chi connectivity index (χ0) is 17.3. The lowest BCUT2D eigenvalue weighted by Gasteiger charge is -2.38. The summed E-state index contributed by atoms with van der Waals surface area (Å²) in [7, 11) is 0. The molecule has 1 aliphatic heterocycles. The fourth-order valence-electron chi connectivity index (χ4n) is 3.32. The molecular weight excluding hydrogens is 306 g/mol. The number of hydrogen-bond donors (Lipinski definition) is 2. The Hall–Kier alpha value is -2.15. The summed E-state index contributed by atoms with van der Waals surface area (Å²) < 4.78 is 1.91. The second kappa shape index (κ2) is 6.76. The van der Waals surface area contributed by atoms with Crippen molar-refractivity contribution in [1.29, 1.82) is 0 Å². The predicted octanol–water partition coefficient (Wildman–Crippen LogP) is 2.48. The van der Waals surface area contributed by atoms with E-state index in [0.717, 1.165) is 30.9 Å². The van der Waals surface area contributed by atoms with Crippen molar-refractivity contribution in [3.63, 3.8) is 0 Å². The van der Waals surface area contributed by atoms with Crippen molar-refractivity contribution < 1.29 is 9.90 Å². The number of carbonyl (C=O) groups is 1. The molecule has 2 N–H and O–H groups in total. The Bertz CT molecular complexity index is 727. The van der Waals surface area contributed by atoms with E-state index in [4.69, 9.17) is 0 Å². The van der Waals surface area contributed by atoms with Crippen LogP contribution in [0.5, 0.6) is 0 Å². The summed E-state index contributed by atoms with van der Waals surface area (Å²) in [5.74, 6) is 1.27. The number of rotatable bonds is 3. The predicted molar refractivity (Wildman–Crippen MR) is 92.1 cm³/mol. The van der Waals surface area contributed by atoms with Gasteiger partial charge in [-0.15, -0.1) is 10.2 Å². The zero-order valence-electron chi connectivity index (χ0n) is 14.4. The van der Waals surface area contributed by atoms with Crippen molar-refractivity contribution in [1.82, 2.24) is 19.5 Å². The molecule has 3 rings (SSSR count). The fraction of sp³-hybridized carbons (Fsp3) is 0.588. The summed E-state index contributed by atoms with van der Waals surface area (Å²) in [6.07, 6.45) is 3.75. The molecule has 130 valence electrons. The van der Waals surface area contributed by atoms with Gasteiger partial charge < -0.3 is 15.3 Å². The molecule has 2 aromatic rings. The first-order valence-corrected chi connectivity index (χ1v) is 8.54. The SMILES string of the molecule is CC(C)c1nnc2ccc(NC(=O)N3CCCC(CO)C3C)cn12. The molecule has 0 spiro atoms. The lowest BCUT2D eigenvalue weighted by Crippen LogP contribution is -2.49. The zero-order valence-corrected chi connectivity index (χ0v) is 14.4. The molecule has 1 saturated heterocycles. The van der Waals surface area contributed by atoms with Gasteiger partial charge in [0.2, 0.25) is 0 Å². The molecule has 1 aliphatic rings. The number of aromatic nitrogens is 3. The van der Waals surface area contributed by atoms with E-state index >= 15 is 0 Å². The summed E-state index contributed by atoms with van der Waals surface area (Å²) in [4.78, 5) is 14.4. The molecule has 0 saturated carbocycles. The number of aliphatic hydroxyl groups excluding tert-OH is 1. The number of nitrogens with zero attached hydrogens (tertiary/aromatic N) is 4. The van der Waals surface area contributed by atoms with E-state index in [1.54, 1.807) is 0 Å². The van der Waals surface area contributed by atoms with Crippen LogP contribution in [0.15, 0.2) is 18.3 Å². The van der Waals surface area contributed by atoms with Gasteiger partial charge in [0, 0.05) is 37.2 Å². The molecule has 1 fully saturated rings. The highest BCUT2D eigenvalue weighted by Gasteiger charge is 2.30. The molecule has 2 unspecified atom stereocenters. The Morgan fingerprint density at radius 2 is 2.21 bits per heavy atom. The Kier molecular flexibility index (Phi) is 4.71. The van der Waals surface area contributed by atoms with Crippen molar-refractivity contribution in [3.8, 4) is 0 Å². The summed E-state index contributed by atoms with van der Waals surface area (Å²) in [5, 5.41) is 20.8. The topological polar surface area (TPSA) is 82.8 Å². The highest BCUT2D eigenvalue weighted by molar-refractivity contribution is 5.89. The first-order chi connectivity index (χ1) is 11.5. The van der Waals surface area contributed by atoms with E-state index in [2.05, 4.69) is 29.4 Å². The Balaban J connectivity index is 1.79. The van der Waals surface area contributed by atoms with Crippen molar-refractivity contribution in [2.75, 3.05) is 18.5 Å². The molecule has 3 heterocycles. The molecule has 2 aromatic heterocycles. The fourth-order valence-corrected chi connectivity index (χ4v) is 3.32. The number of urea groups is 1. The van der Waals surface area contributed by atoms with Gasteiger partial charge in [0.1, 0.15) is 5.82 Å². The van der Waals surface area contributed by atoms with E-state index in [1.807, 2.05) is 34.6 Å². The average molecular weight is 331 g/mol. The molecule has 24 heavy (non-hydrogen) atoms. The van der Waals surface area contributed by atoms with Crippen LogP contribution in [0.25, 0.3) is 5.65 Å². The lowest BCUT2D eigenvalue weighted by atomic mass is 9.91. The van der Waals surface area contributed by atoms with E-state index in [1.165, 1.54) is 0 Å². The number of pyridine rings is 1. The number of aliphatic hydroxyl groups is 1. The monoisotopic (exact) mass is 331 g/mol. The summed E-state index contributed by atoms with van der Waals surface area (Å²) >= 11 is 0. The van der Waals surface area contributed by atoms with Crippen LogP contribution in [0.2, 0.25) is 0 Å². The Morgan fingerprint density at radius 3 is 2.92 bits per heavy atom. The Morgan fingerprint density at radius 1 is 1.42 bits per heavy atom. The Labute approximate surface area is 141 Å². The van der Waals surface area contributed by atoms with Crippen LogP contribution >= 0.6 is 0 Å². The smallest absolute Gasteiger partial charge is 0.322 e. The molecule has 2 amide bonds.